The summed E-state index contributed by atoms with van der Waals surface area (Å²) in [5, 5.41) is 16.8. The fourth-order valence-corrected chi connectivity index (χ4v) is 3.58. The summed E-state index contributed by atoms with van der Waals surface area (Å²) < 4.78 is 4.96. The fraction of sp³-hybridized carbons (Fsp3) is 0.765. The summed E-state index contributed by atoms with van der Waals surface area (Å²) in [6.07, 6.45) is 4.00. The molecule has 1 saturated carbocycles. The van der Waals surface area contributed by atoms with Crippen molar-refractivity contribution in [2.75, 3.05) is 19.6 Å². The Balaban J connectivity index is 1.49. The van der Waals surface area contributed by atoms with E-state index in [1.54, 1.807) is 16.7 Å². The molecule has 2 fully saturated rings. The average molecular weight is 365 g/mol. The van der Waals surface area contributed by atoms with Crippen LogP contribution in [0.4, 0.5) is 4.79 Å². The van der Waals surface area contributed by atoms with Gasteiger partial charge in [-0.3, -0.25) is 4.79 Å². The van der Waals surface area contributed by atoms with Crippen LogP contribution in [0.25, 0.3) is 0 Å². The number of aromatic nitrogens is 2. The number of hydrogen-bond acceptors (Lipinski definition) is 6. The third-order valence-corrected chi connectivity index (χ3v) is 5.33. The van der Waals surface area contributed by atoms with E-state index in [1.807, 2.05) is 0 Å². The molecule has 1 saturated heterocycles. The molecule has 0 radical (unpaired) electrons. The molecule has 2 N–H and O–H groups in total. The highest BCUT2D eigenvalue weighted by atomic mass is 16.5. The minimum Gasteiger partial charge on any atom is -0.390 e. The predicted octanol–water partition coefficient (Wildman–Crippen LogP) is 0.816. The van der Waals surface area contributed by atoms with E-state index in [1.165, 1.54) is 6.92 Å². The number of aryl methyl sites for hydroxylation is 1. The van der Waals surface area contributed by atoms with Gasteiger partial charge in [0, 0.05) is 33.5 Å². The van der Waals surface area contributed by atoms with Crippen LogP contribution in [-0.4, -0.2) is 68.3 Å². The number of amides is 3. The normalized spacial score (nSPS) is 21.3. The number of urea groups is 1. The lowest BCUT2D eigenvalue weighted by Crippen LogP contribution is -2.45. The molecule has 0 aromatic carbocycles. The first-order chi connectivity index (χ1) is 12.4. The third-order valence-electron chi connectivity index (χ3n) is 5.33. The van der Waals surface area contributed by atoms with Crippen LogP contribution in [0, 0.1) is 6.92 Å². The number of carbonyl (C=O) groups excluding carboxylic acids is 2. The number of nitrogens with one attached hydrogen (secondary N) is 1. The molecule has 26 heavy (non-hydrogen) atoms. The van der Waals surface area contributed by atoms with Gasteiger partial charge in [0.25, 0.3) is 0 Å². The van der Waals surface area contributed by atoms with E-state index in [2.05, 4.69) is 15.5 Å². The maximum Gasteiger partial charge on any atom is 0.317 e. The Kier molecular flexibility index (Phi) is 5.45. The molecule has 3 amide bonds. The zero-order valence-corrected chi connectivity index (χ0v) is 15.4. The molecule has 2 aliphatic rings. The first-order valence-electron chi connectivity index (χ1n) is 9.18. The Morgan fingerprint density at radius 2 is 2.23 bits per heavy atom. The third kappa shape index (κ3) is 4.32. The second-order valence-electron chi connectivity index (χ2n) is 7.32. The van der Waals surface area contributed by atoms with Gasteiger partial charge in [-0.2, -0.15) is 4.98 Å². The fourth-order valence-electron chi connectivity index (χ4n) is 3.58. The van der Waals surface area contributed by atoms with E-state index in [0.29, 0.717) is 44.2 Å². The molecule has 0 spiro atoms. The van der Waals surface area contributed by atoms with Gasteiger partial charge in [0.15, 0.2) is 5.82 Å². The molecule has 2 heterocycles. The van der Waals surface area contributed by atoms with Crippen molar-refractivity contribution < 1.29 is 19.2 Å². The molecular formula is C17H27N5O4. The quantitative estimate of drug-likeness (QED) is 0.772. The van der Waals surface area contributed by atoms with Crippen molar-refractivity contribution in [2.45, 2.75) is 64.1 Å². The Hall–Kier alpha value is -2.16. The lowest BCUT2D eigenvalue weighted by atomic mass is 9.78. The van der Waals surface area contributed by atoms with Gasteiger partial charge in [-0.15, -0.1) is 0 Å². The van der Waals surface area contributed by atoms with E-state index in [0.717, 1.165) is 19.3 Å². The van der Waals surface area contributed by atoms with Crippen LogP contribution in [0.2, 0.25) is 0 Å². The van der Waals surface area contributed by atoms with Crippen molar-refractivity contribution in [2.24, 2.45) is 0 Å². The lowest BCUT2D eigenvalue weighted by molar-refractivity contribution is -0.131. The highest BCUT2D eigenvalue weighted by Gasteiger charge is 2.35. The summed E-state index contributed by atoms with van der Waals surface area (Å²) in [5.41, 5.74) is -0.588. The molecule has 3 rings (SSSR count). The number of hydrogen-bond donors (Lipinski definition) is 2. The molecule has 1 atom stereocenters. The van der Waals surface area contributed by atoms with Gasteiger partial charge >= 0.3 is 6.03 Å². The molecule has 1 unspecified atom stereocenters. The summed E-state index contributed by atoms with van der Waals surface area (Å²) in [7, 11) is 0. The maximum absolute atomic E-state index is 12.3. The molecule has 9 heteroatoms. The topological polar surface area (TPSA) is 112 Å². The standard InChI is InChI=1S/C17H27N5O4/c1-12-19-15(20-26-12)11-22(13(2)23)14-4-9-21(10-14)16(24)18-8-7-17(25)5-3-6-17/h14,25H,3-11H2,1-2H3,(H,18,24). The van der Waals surface area contributed by atoms with Crippen LogP contribution in [-0.2, 0) is 11.3 Å². The Bertz CT molecular complexity index is 657. The monoisotopic (exact) mass is 365 g/mol. The zero-order valence-electron chi connectivity index (χ0n) is 15.4. The van der Waals surface area contributed by atoms with Crippen molar-refractivity contribution in [1.29, 1.82) is 0 Å². The minimum atomic E-state index is -0.588. The smallest absolute Gasteiger partial charge is 0.317 e. The number of aliphatic hydroxyl groups is 1. The van der Waals surface area contributed by atoms with Crippen LogP contribution < -0.4 is 5.32 Å². The zero-order chi connectivity index (χ0) is 18.7. The van der Waals surface area contributed by atoms with Crippen molar-refractivity contribution in [1.82, 2.24) is 25.3 Å². The predicted molar refractivity (Wildman–Crippen MR) is 92.1 cm³/mol. The summed E-state index contributed by atoms with van der Waals surface area (Å²) in [6.45, 7) is 5.03. The first-order valence-corrected chi connectivity index (χ1v) is 9.18. The van der Waals surface area contributed by atoms with Gasteiger partial charge in [-0.1, -0.05) is 5.16 Å². The van der Waals surface area contributed by atoms with E-state index in [9.17, 15) is 14.7 Å². The molecule has 1 aromatic heterocycles. The maximum atomic E-state index is 12.3. The number of carbonyl (C=O) groups is 2. The van der Waals surface area contributed by atoms with E-state index >= 15 is 0 Å². The van der Waals surface area contributed by atoms with Gasteiger partial charge in [-0.05, 0) is 32.1 Å². The number of nitrogens with zero attached hydrogens (tertiary/aromatic N) is 4. The number of likely N-dealkylation sites (tertiary alicyclic amines) is 1. The van der Waals surface area contributed by atoms with Gasteiger partial charge in [0.05, 0.1) is 18.2 Å². The summed E-state index contributed by atoms with van der Waals surface area (Å²) in [5.74, 6) is 0.852. The molecule has 144 valence electrons. The SMILES string of the molecule is CC(=O)N(Cc1noc(C)n1)C1CCN(C(=O)NCCC2(O)CCC2)C1. The average Bonchev–Trinajstić information content (AvgIpc) is 3.19. The van der Waals surface area contributed by atoms with Crippen LogP contribution in [0.5, 0.6) is 0 Å². The van der Waals surface area contributed by atoms with Gasteiger partial charge in [-0.25, -0.2) is 4.79 Å². The van der Waals surface area contributed by atoms with E-state index in [4.69, 9.17) is 4.52 Å². The largest absolute Gasteiger partial charge is 0.390 e. The van der Waals surface area contributed by atoms with E-state index < -0.39 is 5.60 Å². The number of rotatable bonds is 6. The Morgan fingerprint density at radius 3 is 2.81 bits per heavy atom. The van der Waals surface area contributed by atoms with Crippen LogP contribution in [0.3, 0.4) is 0 Å². The van der Waals surface area contributed by atoms with Crippen LogP contribution in [0.1, 0.15) is 50.7 Å². The van der Waals surface area contributed by atoms with Crippen molar-refractivity contribution in [3.63, 3.8) is 0 Å². The Labute approximate surface area is 152 Å². The summed E-state index contributed by atoms with van der Waals surface area (Å²) in [6, 6.07) is -0.206. The first kappa shape index (κ1) is 18.6. The van der Waals surface area contributed by atoms with Crippen molar-refractivity contribution in [3.05, 3.63) is 11.7 Å². The van der Waals surface area contributed by atoms with Gasteiger partial charge in [0.1, 0.15) is 0 Å². The second kappa shape index (κ2) is 7.61. The van der Waals surface area contributed by atoms with Gasteiger partial charge < -0.3 is 24.7 Å². The minimum absolute atomic E-state index is 0.0622. The molecule has 9 nitrogen and oxygen atoms in total. The lowest BCUT2D eigenvalue weighted by Gasteiger charge is -2.36. The van der Waals surface area contributed by atoms with Crippen molar-refractivity contribution >= 4 is 11.9 Å². The van der Waals surface area contributed by atoms with Crippen molar-refractivity contribution in [3.8, 4) is 0 Å². The Morgan fingerprint density at radius 1 is 1.46 bits per heavy atom. The molecule has 1 aromatic rings. The van der Waals surface area contributed by atoms with E-state index in [-0.39, 0.29) is 24.5 Å². The molecule has 1 aliphatic heterocycles. The second-order valence-corrected chi connectivity index (χ2v) is 7.32. The van der Waals surface area contributed by atoms with Crippen LogP contribution >= 0.6 is 0 Å². The summed E-state index contributed by atoms with van der Waals surface area (Å²) in [4.78, 5) is 31.9. The van der Waals surface area contributed by atoms with Crippen LogP contribution in [0.15, 0.2) is 4.52 Å². The molecular weight excluding hydrogens is 338 g/mol. The summed E-state index contributed by atoms with van der Waals surface area (Å²) >= 11 is 0. The highest BCUT2D eigenvalue weighted by Crippen LogP contribution is 2.34. The molecule has 0 bridgehead atoms. The highest BCUT2D eigenvalue weighted by molar-refractivity contribution is 5.76. The van der Waals surface area contributed by atoms with Gasteiger partial charge in [0.2, 0.25) is 11.8 Å². The molecule has 1 aliphatic carbocycles.